The lowest BCUT2D eigenvalue weighted by Gasteiger charge is -2.31. The quantitative estimate of drug-likeness (QED) is 0.849. The number of imide groups is 1. The highest BCUT2D eigenvalue weighted by Crippen LogP contribution is 2.30. The second-order valence-electron chi connectivity index (χ2n) is 7.01. The number of amides is 4. The zero-order chi connectivity index (χ0) is 18.2. The Balaban J connectivity index is 1.78. The molecule has 2 atom stereocenters. The van der Waals surface area contributed by atoms with Crippen molar-refractivity contribution in [2.75, 3.05) is 19.6 Å². The third-order valence-electron chi connectivity index (χ3n) is 4.99. The first-order valence-corrected chi connectivity index (χ1v) is 8.50. The number of halogens is 1. The van der Waals surface area contributed by atoms with E-state index in [0.29, 0.717) is 19.0 Å². The zero-order valence-corrected chi connectivity index (χ0v) is 14.4. The van der Waals surface area contributed by atoms with Crippen LogP contribution in [0.2, 0.25) is 0 Å². The maximum absolute atomic E-state index is 14.1. The van der Waals surface area contributed by atoms with Gasteiger partial charge in [-0.15, -0.1) is 0 Å². The molecule has 2 heterocycles. The van der Waals surface area contributed by atoms with E-state index in [1.54, 1.807) is 11.0 Å². The number of rotatable bonds is 3. The summed E-state index contributed by atoms with van der Waals surface area (Å²) < 4.78 is 14.1. The molecule has 2 fully saturated rings. The fourth-order valence-corrected chi connectivity index (χ4v) is 3.54. The second-order valence-corrected chi connectivity index (χ2v) is 7.01. The summed E-state index contributed by atoms with van der Waals surface area (Å²) in [6.45, 7) is 4.48. The minimum absolute atomic E-state index is 0.0925. The molecule has 2 saturated heterocycles. The Morgan fingerprint density at radius 2 is 2.08 bits per heavy atom. The van der Waals surface area contributed by atoms with Crippen LogP contribution in [0.3, 0.4) is 0 Å². The van der Waals surface area contributed by atoms with Crippen LogP contribution in [-0.4, -0.2) is 47.3 Å². The summed E-state index contributed by atoms with van der Waals surface area (Å²) in [5, 5.41) is 2.53. The predicted octanol–water partition coefficient (Wildman–Crippen LogP) is 1.85. The van der Waals surface area contributed by atoms with E-state index in [0.717, 1.165) is 17.7 Å². The Morgan fingerprint density at radius 1 is 1.36 bits per heavy atom. The summed E-state index contributed by atoms with van der Waals surface area (Å²) in [6, 6.07) is 5.15. The lowest BCUT2D eigenvalue weighted by atomic mass is 9.91. The normalized spacial score (nSPS) is 26.8. The Bertz CT molecular complexity index is 723. The zero-order valence-electron chi connectivity index (χ0n) is 14.4. The molecular formula is C18H22FN3O3. The van der Waals surface area contributed by atoms with E-state index < -0.39 is 23.3 Å². The van der Waals surface area contributed by atoms with Crippen molar-refractivity contribution in [1.29, 1.82) is 0 Å². The van der Waals surface area contributed by atoms with Crippen LogP contribution in [0.15, 0.2) is 24.3 Å². The van der Waals surface area contributed by atoms with Crippen LogP contribution in [0.1, 0.15) is 32.3 Å². The molecule has 134 valence electrons. The van der Waals surface area contributed by atoms with Gasteiger partial charge in [0.25, 0.3) is 5.91 Å². The van der Waals surface area contributed by atoms with Gasteiger partial charge >= 0.3 is 6.03 Å². The number of piperidine rings is 1. The van der Waals surface area contributed by atoms with Crippen molar-refractivity contribution in [3.8, 4) is 0 Å². The van der Waals surface area contributed by atoms with Crippen molar-refractivity contribution >= 4 is 17.8 Å². The summed E-state index contributed by atoms with van der Waals surface area (Å²) in [6.07, 6.45) is 1.98. The monoisotopic (exact) mass is 347 g/mol. The van der Waals surface area contributed by atoms with Crippen molar-refractivity contribution in [2.24, 2.45) is 5.92 Å². The molecule has 2 aliphatic heterocycles. The highest BCUT2D eigenvalue weighted by molar-refractivity contribution is 6.09. The van der Waals surface area contributed by atoms with Crippen LogP contribution in [0.25, 0.3) is 0 Å². The smallest absolute Gasteiger partial charge is 0.325 e. The molecule has 0 unspecified atom stereocenters. The van der Waals surface area contributed by atoms with Gasteiger partial charge in [0.15, 0.2) is 0 Å². The first-order chi connectivity index (χ1) is 11.8. The Kier molecular flexibility index (Phi) is 4.49. The number of likely N-dealkylation sites (tertiary alicyclic amines) is 1. The summed E-state index contributed by atoms with van der Waals surface area (Å²) in [5.41, 5.74) is -1.41. The molecule has 0 aliphatic carbocycles. The van der Waals surface area contributed by atoms with Crippen molar-refractivity contribution in [1.82, 2.24) is 15.1 Å². The number of carbonyl (C=O) groups is 3. The molecule has 6 nitrogen and oxygen atoms in total. The number of carbonyl (C=O) groups excluding carboxylic acids is 3. The van der Waals surface area contributed by atoms with E-state index in [4.69, 9.17) is 0 Å². The fraction of sp³-hybridized carbons (Fsp3) is 0.500. The van der Waals surface area contributed by atoms with Gasteiger partial charge in [-0.3, -0.25) is 14.5 Å². The van der Waals surface area contributed by atoms with Gasteiger partial charge in [0.05, 0.1) is 0 Å². The lowest BCUT2D eigenvalue weighted by molar-refractivity contribution is -0.139. The highest BCUT2D eigenvalue weighted by atomic mass is 19.1. The number of benzene rings is 1. The first kappa shape index (κ1) is 17.4. The minimum Gasteiger partial charge on any atom is -0.341 e. The predicted molar refractivity (Wildman–Crippen MR) is 89.0 cm³/mol. The fourth-order valence-electron chi connectivity index (χ4n) is 3.54. The van der Waals surface area contributed by atoms with Crippen LogP contribution in [0, 0.1) is 11.7 Å². The Labute approximate surface area is 146 Å². The van der Waals surface area contributed by atoms with Crippen molar-refractivity contribution in [3.05, 3.63) is 35.6 Å². The molecule has 1 aromatic rings. The molecule has 25 heavy (non-hydrogen) atoms. The molecule has 4 amide bonds. The van der Waals surface area contributed by atoms with Crippen LogP contribution < -0.4 is 5.32 Å². The summed E-state index contributed by atoms with van der Waals surface area (Å²) >= 11 is 0. The summed E-state index contributed by atoms with van der Waals surface area (Å²) in [5.74, 6) is -1.03. The molecule has 0 bridgehead atoms. The molecule has 1 aromatic carbocycles. The third kappa shape index (κ3) is 3.10. The first-order valence-electron chi connectivity index (χ1n) is 8.50. The van der Waals surface area contributed by atoms with E-state index in [2.05, 4.69) is 12.2 Å². The molecule has 2 aliphatic rings. The number of nitrogens with zero attached hydrogens (tertiary/aromatic N) is 2. The van der Waals surface area contributed by atoms with Gasteiger partial charge in [0, 0.05) is 18.7 Å². The van der Waals surface area contributed by atoms with Gasteiger partial charge in [-0.05, 0) is 31.7 Å². The summed E-state index contributed by atoms with van der Waals surface area (Å²) in [7, 11) is 0. The molecular weight excluding hydrogens is 325 g/mol. The molecule has 1 N–H and O–H groups in total. The van der Waals surface area contributed by atoms with E-state index in [9.17, 15) is 18.8 Å². The average molecular weight is 347 g/mol. The van der Waals surface area contributed by atoms with E-state index >= 15 is 0 Å². The van der Waals surface area contributed by atoms with E-state index in [-0.39, 0.29) is 18.0 Å². The summed E-state index contributed by atoms with van der Waals surface area (Å²) in [4.78, 5) is 40.1. The van der Waals surface area contributed by atoms with Crippen LogP contribution in [0.4, 0.5) is 9.18 Å². The Hall–Kier alpha value is -2.44. The van der Waals surface area contributed by atoms with E-state index in [1.165, 1.54) is 25.1 Å². The van der Waals surface area contributed by atoms with Crippen molar-refractivity contribution < 1.29 is 18.8 Å². The second kappa shape index (κ2) is 6.46. The number of hydrogen-bond donors (Lipinski definition) is 1. The van der Waals surface area contributed by atoms with Gasteiger partial charge in [0.2, 0.25) is 5.91 Å². The highest BCUT2D eigenvalue weighted by Gasteiger charge is 2.50. The molecule has 0 radical (unpaired) electrons. The van der Waals surface area contributed by atoms with E-state index in [1.807, 2.05) is 0 Å². The lowest BCUT2D eigenvalue weighted by Crippen LogP contribution is -2.47. The topological polar surface area (TPSA) is 69.7 Å². The molecule has 3 rings (SSSR count). The standard InChI is InChI=1S/C18H22FN3O3/c1-12-6-5-9-21(10-12)15(23)11-22-16(24)18(2,20-17(22)25)13-7-3-4-8-14(13)19/h3-4,7-8,12H,5-6,9-11H2,1-2H3,(H,20,25)/t12-,18+/m1/s1. The van der Waals surface area contributed by atoms with Crippen LogP contribution in [-0.2, 0) is 15.1 Å². The number of hydrogen-bond acceptors (Lipinski definition) is 3. The van der Waals surface area contributed by atoms with Gasteiger partial charge in [0.1, 0.15) is 17.9 Å². The molecule has 7 heteroatoms. The van der Waals surface area contributed by atoms with Crippen LogP contribution >= 0.6 is 0 Å². The third-order valence-corrected chi connectivity index (χ3v) is 4.99. The van der Waals surface area contributed by atoms with Crippen LogP contribution in [0.5, 0.6) is 0 Å². The SMILES string of the molecule is C[C@@H]1CCCN(C(=O)CN2C(=O)N[C@@](C)(c3ccccc3F)C2=O)C1. The number of nitrogens with one attached hydrogen (secondary N) is 1. The Morgan fingerprint density at radius 3 is 2.76 bits per heavy atom. The molecule has 0 saturated carbocycles. The largest absolute Gasteiger partial charge is 0.341 e. The van der Waals surface area contributed by atoms with Crippen molar-refractivity contribution in [2.45, 2.75) is 32.2 Å². The van der Waals surface area contributed by atoms with Gasteiger partial charge in [-0.1, -0.05) is 25.1 Å². The maximum Gasteiger partial charge on any atom is 0.325 e. The molecule has 0 aromatic heterocycles. The average Bonchev–Trinajstić information content (AvgIpc) is 2.79. The molecule has 0 spiro atoms. The minimum atomic E-state index is -1.50. The van der Waals surface area contributed by atoms with Gasteiger partial charge in [-0.2, -0.15) is 0 Å². The van der Waals surface area contributed by atoms with Gasteiger partial charge < -0.3 is 10.2 Å². The number of urea groups is 1. The maximum atomic E-state index is 14.1. The van der Waals surface area contributed by atoms with Crippen molar-refractivity contribution in [3.63, 3.8) is 0 Å². The van der Waals surface area contributed by atoms with Gasteiger partial charge in [-0.25, -0.2) is 9.18 Å².